The fourth-order valence-corrected chi connectivity index (χ4v) is 0.589. The molecule has 1 rings (SSSR count). The zero-order valence-electron chi connectivity index (χ0n) is 7.78. The van der Waals surface area contributed by atoms with Crippen LogP contribution in [0.25, 0.3) is 0 Å². The average Bonchev–Trinajstić information content (AvgIpc) is 2.07. The van der Waals surface area contributed by atoms with Gasteiger partial charge in [0.2, 0.25) is 0 Å². The van der Waals surface area contributed by atoms with Crippen molar-refractivity contribution in [1.29, 1.82) is 0 Å². The van der Waals surface area contributed by atoms with Crippen LogP contribution in [-0.4, -0.2) is 0 Å². The summed E-state index contributed by atoms with van der Waals surface area (Å²) in [7, 11) is 0. The summed E-state index contributed by atoms with van der Waals surface area (Å²) in [5.74, 6) is 0. The Labute approximate surface area is 65.3 Å². The minimum Gasteiger partial charge on any atom is -0.0885 e. The third-order valence-electron chi connectivity index (χ3n) is 0.908. The monoisotopic (exact) mass is 140 g/mol. The Morgan fingerprint density at radius 2 is 1.20 bits per heavy atom. The second kappa shape index (κ2) is 4.54. The Bertz CT molecular complexity index is 81.1. The summed E-state index contributed by atoms with van der Waals surface area (Å²) in [5, 5.41) is 0. The van der Waals surface area contributed by atoms with E-state index >= 15 is 0 Å². The standard InChI is InChI=1S/C5H8.C5H12/c1-2-4-5-3-1;1-5(2,3)4/h1-2H,3-5H2;1-4H3. The number of rotatable bonds is 0. The predicted octanol–water partition coefficient (Wildman–Crippen LogP) is 3.78. The Hall–Kier alpha value is -0.260. The highest BCUT2D eigenvalue weighted by atomic mass is 14.0. The van der Waals surface area contributed by atoms with Crippen molar-refractivity contribution in [2.75, 3.05) is 0 Å². The molecule has 0 aromatic carbocycles. The van der Waals surface area contributed by atoms with E-state index in [0.717, 1.165) is 0 Å². The van der Waals surface area contributed by atoms with Crippen LogP contribution in [0.1, 0.15) is 47.0 Å². The van der Waals surface area contributed by atoms with Gasteiger partial charge in [0, 0.05) is 0 Å². The lowest BCUT2D eigenvalue weighted by atomic mass is 10.0. The molecule has 0 aromatic rings. The van der Waals surface area contributed by atoms with Crippen LogP contribution < -0.4 is 0 Å². The number of hydrogen-bond acceptors (Lipinski definition) is 0. The molecule has 0 spiro atoms. The fraction of sp³-hybridized carbons (Fsp3) is 0.800. The van der Waals surface area contributed by atoms with E-state index in [0.29, 0.717) is 5.41 Å². The van der Waals surface area contributed by atoms with Gasteiger partial charge in [-0.15, -0.1) is 0 Å². The molecule has 0 saturated heterocycles. The molecule has 0 heteroatoms. The highest BCUT2D eigenvalue weighted by molar-refractivity contribution is 4.88. The van der Waals surface area contributed by atoms with Gasteiger partial charge >= 0.3 is 0 Å². The molecule has 1 aliphatic rings. The molecule has 0 radical (unpaired) electrons. The van der Waals surface area contributed by atoms with Crippen LogP contribution in [0.5, 0.6) is 0 Å². The lowest BCUT2D eigenvalue weighted by Gasteiger charge is -2.05. The van der Waals surface area contributed by atoms with E-state index in [4.69, 9.17) is 0 Å². The molecule has 0 amide bonds. The van der Waals surface area contributed by atoms with E-state index in [-0.39, 0.29) is 0 Å². The lowest BCUT2D eigenvalue weighted by Crippen LogP contribution is -1.93. The maximum Gasteiger partial charge on any atom is -0.0348 e. The quantitative estimate of drug-likeness (QED) is 0.449. The largest absolute Gasteiger partial charge is 0.0885 e. The van der Waals surface area contributed by atoms with Crippen molar-refractivity contribution in [3.8, 4) is 0 Å². The van der Waals surface area contributed by atoms with Crippen LogP contribution in [-0.2, 0) is 0 Å². The lowest BCUT2D eigenvalue weighted by molar-refractivity contribution is 0.469. The molecule has 0 bridgehead atoms. The first-order valence-corrected chi connectivity index (χ1v) is 4.15. The van der Waals surface area contributed by atoms with Gasteiger partial charge in [-0.25, -0.2) is 0 Å². The van der Waals surface area contributed by atoms with Gasteiger partial charge in [0.1, 0.15) is 0 Å². The second-order valence-electron chi connectivity index (χ2n) is 4.40. The summed E-state index contributed by atoms with van der Waals surface area (Å²) in [6, 6.07) is 0. The Kier molecular flexibility index (Phi) is 4.42. The first-order valence-electron chi connectivity index (χ1n) is 4.15. The van der Waals surface area contributed by atoms with E-state index in [9.17, 15) is 0 Å². The molecule has 0 atom stereocenters. The van der Waals surface area contributed by atoms with Crippen molar-refractivity contribution < 1.29 is 0 Å². The van der Waals surface area contributed by atoms with Gasteiger partial charge in [0.25, 0.3) is 0 Å². The van der Waals surface area contributed by atoms with Crippen LogP contribution in [0.2, 0.25) is 0 Å². The maximum absolute atomic E-state index is 2.24. The van der Waals surface area contributed by atoms with E-state index in [2.05, 4.69) is 39.8 Å². The topological polar surface area (TPSA) is 0 Å². The van der Waals surface area contributed by atoms with Crippen molar-refractivity contribution in [3.05, 3.63) is 12.2 Å². The van der Waals surface area contributed by atoms with Crippen molar-refractivity contribution in [3.63, 3.8) is 0 Å². The van der Waals surface area contributed by atoms with Crippen molar-refractivity contribution >= 4 is 0 Å². The first-order chi connectivity index (χ1) is 4.50. The van der Waals surface area contributed by atoms with Crippen LogP contribution in [0.4, 0.5) is 0 Å². The molecule has 0 unspecified atom stereocenters. The van der Waals surface area contributed by atoms with Crippen LogP contribution in [0.3, 0.4) is 0 Å². The highest BCUT2D eigenvalue weighted by Gasteiger charge is 1.95. The molecular weight excluding hydrogens is 120 g/mol. The van der Waals surface area contributed by atoms with Gasteiger partial charge in [-0.05, 0) is 24.7 Å². The molecule has 0 fully saturated rings. The minimum absolute atomic E-state index is 0.500. The Balaban J connectivity index is 0.000000162. The third kappa shape index (κ3) is 15.6. The van der Waals surface area contributed by atoms with Crippen molar-refractivity contribution in [2.45, 2.75) is 47.0 Å². The highest BCUT2D eigenvalue weighted by Crippen LogP contribution is 2.08. The van der Waals surface area contributed by atoms with Gasteiger partial charge in [-0.1, -0.05) is 39.8 Å². The predicted molar refractivity (Wildman–Crippen MR) is 48.1 cm³/mol. The van der Waals surface area contributed by atoms with E-state index in [1.165, 1.54) is 19.3 Å². The van der Waals surface area contributed by atoms with Crippen LogP contribution in [0.15, 0.2) is 12.2 Å². The molecule has 60 valence electrons. The van der Waals surface area contributed by atoms with Gasteiger partial charge in [-0.2, -0.15) is 0 Å². The zero-order chi connectivity index (χ0) is 8.04. The van der Waals surface area contributed by atoms with E-state index in [1.807, 2.05) is 0 Å². The Morgan fingerprint density at radius 1 is 0.900 bits per heavy atom. The number of hydrogen-bond donors (Lipinski definition) is 0. The maximum atomic E-state index is 2.24. The Morgan fingerprint density at radius 3 is 1.30 bits per heavy atom. The normalized spacial score (nSPS) is 16.4. The van der Waals surface area contributed by atoms with Crippen LogP contribution >= 0.6 is 0 Å². The summed E-state index contributed by atoms with van der Waals surface area (Å²) in [6.45, 7) is 8.75. The summed E-state index contributed by atoms with van der Waals surface area (Å²) >= 11 is 0. The van der Waals surface area contributed by atoms with Gasteiger partial charge in [-0.3, -0.25) is 0 Å². The minimum atomic E-state index is 0.500. The summed E-state index contributed by atoms with van der Waals surface area (Å²) in [5.41, 5.74) is 0.500. The average molecular weight is 140 g/mol. The van der Waals surface area contributed by atoms with Crippen LogP contribution in [0, 0.1) is 5.41 Å². The number of allylic oxidation sites excluding steroid dienone is 2. The molecule has 0 aromatic heterocycles. The van der Waals surface area contributed by atoms with Crippen molar-refractivity contribution in [2.24, 2.45) is 5.41 Å². The van der Waals surface area contributed by atoms with Gasteiger partial charge < -0.3 is 0 Å². The SMILES string of the molecule is C1=CCCC1.CC(C)(C)C. The molecule has 0 N–H and O–H groups in total. The molecule has 0 heterocycles. The summed E-state index contributed by atoms with van der Waals surface area (Å²) in [4.78, 5) is 0. The summed E-state index contributed by atoms with van der Waals surface area (Å²) in [6.07, 6.45) is 8.50. The molecular formula is C10H20. The first kappa shape index (κ1) is 9.74. The van der Waals surface area contributed by atoms with E-state index < -0.39 is 0 Å². The molecule has 1 aliphatic carbocycles. The van der Waals surface area contributed by atoms with E-state index in [1.54, 1.807) is 0 Å². The third-order valence-corrected chi connectivity index (χ3v) is 0.908. The van der Waals surface area contributed by atoms with Crippen molar-refractivity contribution in [1.82, 2.24) is 0 Å². The zero-order valence-corrected chi connectivity index (χ0v) is 7.78. The molecule has 0 aliphatic heterocycles. The molecule has 10 heavy (non-hydrogen) atoms. The van der Waals surface area contributed by atoms with Gasteiger partial charge in [0.15, 0.2) is 0 Å². The smallest absolute Gasteiger partial charge is 0.0348 e. The molecule has 0 nitrogen and oxygen atoms in total. The summed E-state index contributed by atoms with van der Waals surface area (Å²) < 4.78 is 0. The fourth-order valence-electron chi connectivity index (χ4n) is 0.589. The molecule has 0 saturated carbocycles. The second-order valence-corrected chi connectivity index (χ2v) is 4.40. The van der Waals surface area contributed by atoms with Gasteiger partial charge in [0.05, 0.1) is 0 Å².